The number of ether oxygens (including phenoxy) is 1. The number of ketones is 1. The second-order valence-corrected chi connectivity index (χ2v) is 1.80. The molecule has 0 radical (unpaired) electrons. The molecule has 0 amide bonds. The van der Waals surface area contributed by atoms with Gasteiger partial charge in [0, 0.05) is 13.1 Å². The van der Waals surface area contributed by atoms with Gasteiger partial charge in [-0.15, -0.1) is 0 Å². The molecular formula is C7H13NO2. The molecule has 0 aliphatic rings. The van der Waals surface area contributed by atoms with E-state index in [-0.39, 0.29) is 5.78 Å². The minimum absolute atomic E-state index is 0.0159. The van der Waals surface area contributed by atoms with Crippen LogP contribution in [0.25, 0.3) is 0 Å². The third-order valence-corrected chi connectivity index (χ3v) is 0.881. The maximum absolute atomic E-state index is 10.5. The van der Waals surface area contributed by atoms with Crippen LogP contribution in [-0.4, -0.2) is 19.4 Å². The summed E-state index contributed by atoms with van der Waals surface area (Å²) in [7, 11) is 1.71. The average molecular weight is 143 g/mol. The highest BCUT2D eigenvalue weighted by Gasteiger charge is 1.93. The Labute approximate surface area is 61.1 Å². The summed E-state index contributed by atoms with van der Waals surface area (Å²) in [4.78, 5) is 10.5. The Hall–Kier alpha value is -0.990. The summed E-state index contributed by atoms with van der Waals surface area (Å²) in [5.74, 6) is 0.507. The fourth-order valence-electron chi connectivity index (χ4n) is 0.526. The van der Waals surface area contributed by atoms with E-state index in [0.29, 0.717) is 12.5 Å². The van der Waals surface area contributed by atoms with E-state index in [1.807, 2.05) is 6.92 Å². The SMILES string of the molecule is CCO/C(=C/C(C)=O)NC. The smallest absolute Gasteiger partial charge is 0.189 e. The summed E-state index contributed by atoms with van der Waals surface area (Å²) < 4.78 is 5.03. The van der Waals surface area contributed by atoms with Crippen molar-refractivity contribution in [2.24, 2.45) is 0 Å². The van der Waals surface area contributed by atoms with Crippen LogP contribution in [0.15, 0.2) is 12.0 Å². The van der Waals surface area contributed by atoms with Gasteiger partial charge in [0.2, 0.25) is 0 Å². The van der Waals surface area contributed by atoms with Gasteiger partial charge in [-0.2, -0.15) is 0 Å². The van der Waals surface area contributed by atoms with Crippen LogP contribution in [0.1, 0.15) is 13.8 Å². The van der Waals surface area contributed by atoms with Crippen molar-refractivity contribution < 1.29 is 9.53 Å². The first-order chi connectivity index (χ1) is 4.70. The maximum atomic E-state index is 10.5. The summed E-state index contributed by atoms with van der Waals surface area (Å²) in [6.07, 6.45) is 1.42. The van der Waals surface area contributed by atoms with Gasteiger partial charge in [-0.25, -0.2) is 0 Å². The number of carbonyl (C=O) groups is 1. The van der Waals surface area contributed by atoms with E-state index in [1.54, 1.807) is 7.05 Å². The average Bonchev–Trinajstić information content (AvgIpc) is 1.86. The highest BCUT2D eigenvalue weighted by Crippen LogP contribution is 1.90. The van der Waals surface area contributed by atoms with Crippen molar-refractivity contribution in [3.63, 3.8) is 0 Å². The Bertz CT molecular complexity index is 141. The standard InChI is InChI=1S/C7H13NO2/c1-4-10-7(8-3)5-6(2)9/h5,8H,4H2,1-3H3/b7-5+. The molecule has 0 atom stereocenters. The van der Waals surface area contributed by atoms with Crippen molar-refractivity contribution >= 4 is 5.78 Å². The molecule has 58 valence electrons. The summed E-state index contributed by atoms with van der Waals surface area (Å²) >= 11 is 0. The van der Waals surface area contributed by atoms with E-state index in [0.717, 1.165) is 0 Å². The number of hydrogen-bond acceptors (Lipinski definition) is 3. The molecular weight excluding hydrogens is 130 g/mol. The molecule has 3 nitrogen and oxygen atoms in total. The predicted molar refractivity (Wildman–Crippen MR) is 39.4 cm³/mol. The fourth-order valence-corrected chi connectivity index (χ4v) is 0.526. The molecule has 10 heavy (non-hydrogen) atoms. The lowest BCUT2D eigenvalue weighted by Crippen LogP contribution is -2.10. The van der Waals surface area contributed by atoms with Gasteiger partial charge in [-0.1, -0.05) is 0 Å². The lowest BCUT2D eigenvalue weighted by molar-refractivity contribution is -0.112. The Morgan fingerprint density at radius 2 is 2.30 bits per heavy atom. The maximum Gasteiger partial charge on any atom is 0.189 e. The van der Waals surface area contributed by atoms with Crippen LogP contribution in [0.3, 0.4) is 0 Å². The third kappa shape index (κ3) is 3.95. The molecule has 1 N–H and O–H groups in total. The zero-order valence-corrected chi connectivity index (χ0v) is 6.60. The van der Waals surface area contributed by atoms with Crippen LogP contribution < -0.4 is 5.32 Å². The molecule has 0 unspecified atom stereocenters. The Morgan fingerprint density at radius 1 is 1.70 bits per heavy atom. The molecule has 0 aliphatic heterocycles. The first-order valence-electron chi connectivity index (χ1n) is 3.23. The first kappa shape index (κ1) is 9.01. The minimum Gasteiger partial charge on any atom is -0.479 e. The van der Waals surface area contributed by atoms with Gasteiger partial charge in [0.05, 0.1) is 6.61 Å². The van der Waals surface area contributed by atoms with Crippen molar-refractivity contribution in [2.75, 3.05) is 13.7 Å². The van der Waals surface area contributed by atoms with E-state index in [9.17, 15) is 4.79 Å². The molecule has 0 bridgehead atoms. The van der Waals surface area contributed by atoms with E-state index in [4.69, 9.17) is 4.74 Å². The predicted octanol–water partition coefficient (Wildman–Crippen LogP) is 0.673. The van der Waals surface area contributed by atoms with Gasteiger partial charge in [0.15, 0.2) is 11.7 Å². The topological polar surface area (TPSA) is 38.3 Å². The highest BCUT2D eigenvalue weighted by molar-refractivity contribution is 5.87. The van der Waals surface area contributed by atoms with Crippen LogP contribution in [0.5, 0.6) is 0 Å². The second-order valence-electron chi connectivity index (χ2n) is 1.80. The van der Waals surface area contributed by atoms with E-state index in [1.165, 1.54) is 13.0 Å². The van der Waals surface area contributed by atoms with Crippen LogP contribution in [-0.2, 0) is 9.53 Å². The number of carbonyl (C=O) groups excluding carboxylic acids is 1. The molecule has 0 rings (SSSR count). The lowest BCUT2D eigenvalue weighted by Gasteiger charge is -2.05. The number of rotatable bonds is 4. The molecule has 0 aromatic carbocycles. The Morgan fingerprint density at radius 3 is 2.60 bits per heavy atom. The van der Waals surface area contributed by atoms with Crippen molar-refractivity contribution in [1.82, 2.24) is 5.32 Å². The molecule has 0 heterocycles. The van der Waals surface area contributed by atoms with Crippen LogP contribution in [0.4, 0.5) is 0 Å². The van der Waals surface area contributed by atoms with Gasteiger partial charge in [0.1, 0.15) is 0 Å². The lowest BCUT2D eigenvalue weighted by atomic mass is 10.4. The Kier molecular flexibility index (Phi) is 4.37. The van der Waals surface area contributed by atoms with Crippen LogP contribution in [0.2, 0.25) is 0 Å². The second kappa shape index (κ2) is 4.85. The van der Waals surface area contributed by atoms with Gasteiger partial charge < -0.3 is 10.1 Å². The molecule has 3 heteroatoms. The number of allylic oxidation sites excluding steroid dienone is 1. The molecule has 0 saturated heterocycles. The summed E-state index contributed by atoms with van der Waals surface area (Å²) in [5.41, 5.74) is 0. The van der Waals surface area contributed by atoms with Crippen LogP contribution in [0, 0.1) is 0 Å². The summed E-state index contributed by atoms with van der Waals surface area (Å²) in [5, 5.41) is 2.75. The molecule has 0 fully saturated rings. The zero-order chi connectivity index (χ0) is 7.98. The fraction of sp³-hybridized carbons (Fsp3) is 0.571. The van der Waals surface area contributed by atoms with E-state index in [2.05, 4.69) is 5.32 Å². The van der Waals surface area contributed by atoms with Crippen molar-refractivity contribution in [1.29, 1.82) is 0 Å². The number of nitrogens with one attached hydrogen (secondary N) is 1. The molecule has 0 saturated carbocycles. The van der Waals surface area contributed by atoms with E-state index < -0.39 is 0 Å². The molecule has 0 aliphatic carbocycles. The molecule has 0 spiro atoms. The summed E-state index contributed by atoms with van der Waals surface area (Å²) in [6.45, 7) is 3.92. The largest absolute Gasteiger partial charge is 0.479 e. The van der Waals surface area contributed by atoms with Gasteiger partial charge >= 0.3 is 0 Å². The van der Waals surface area contributed by atoms with E-state index >= 15 is 0 Å². The quantitative estimate of drug-likeness (QED) is 0.464. The van der Waals surface area contributed by atoms with Crippen molar-refractivity contribution in [2.45, 2.75) is 13.8 Å². The first-order valence-corrected chi connectivity index (χ1v) is 3.23. The normalized spacial score (nSPS) is 10.9. The van der Waals surface area contributed by atoms with Crippen LogP contribution >= 0.6 is 0 Å². The monoisotopic (exact) mass is 143 g/mol. The summed E-state index contributed by atoms with van der Waals surface area (Å²) in [6, 6.07) is 0. The van der Waals surface area contributed by atoms with Gasteiger partial charge in [-0.05, 0) is 13.8 Å². The molecule has 0 aromatic rings. The molecule has 0 aromatic heterocycles. The van der Waals surface area contributed by atoms with Crippen molar-refractivity contribution in [3.05, 3.63) is 12.0 Å². The zero-order valence-electron chi connectivity index (χ0n) is 6.60. The van der Waals surface area contributed by atoms with Gasteiger partial charge in [0.25, 0.3) is 0 Å². The minimum atomic E-state index is -0.0159. The Balaban J connectivity index is 3.91. The van der Waals surface area contributed by atoms with Crippen molar-refractivity contribution in [3.8, 4) is 0 Å². The third-order valence-electron chi connectivity index (χ3n) is 0.881. The number of hydrogen-bond donors (Lipinski definition) is 1. The van der Waals surface area contributed by atoms with Gasteiger partial charge in [-0.3, -0.25) is 4.79 Å². The highest BCUT2D eigenvalue weighted by atomic mass is 16.5.